The van der Waals surface area contributed by atoms with Crippen molar-refractivity contribution in [3.8, 4) is 16.9 Å². The lowest BCUT2D eigenvalue weighted by molar-refractivity contribution is 0.108. The van der Waals surface area contributed by atoms with Gasteiger partial charge in [-0.1, -0.05) is 30.3 Å². The van der Waals surface area contributed by atoms with Gasteiger partial charge in [-0.05, 0) is 61.1 Å². The molecule has 5 rings (SSSR count). The Hall–Kier alpha value is -3.08. The van der Waals surface area contributed by atoms with Crippen LogP contribution in [-0.2, 0) is 0 Å². The largest absolute Gasteiger partial charge is 0.490 e. The Morgan fingerprint density at radius 1 is 1.03 bits per heavy atom. The summed E-state index contributed by atoms with van der Waals surface area (Å²) in [6, 6.07) is 17.2. The number of hydrogen-bond donors (Lipinski definition) is 1. The Balaban J connectivity index is 1.19. The predicted molar refractivity (Wildman–Crippen MR) is 123 cm³/mol. The van der Waals surface area contributed by atoms with Crippen molar-refractivity contribution in [3.63, 3.8) is 0 Å². The Morgan fingerprint density at radius 3 is 2.52 bits per heavy atom. The van der Waals surface area contributed by atoms with Crippen LogP contribution >= 0.6 is 0 Å². The third-order valence-electron chi connectivity index (χ3n) is 6.66. The lowest BCUT2D eigenvalue weighted by Gasteiger charge is -2.35. The molecule has 5 heteroatoms. The SMILES string of the molecule is Cc1c(-c2ccc(OC3CCN(C(=O)NC4CCC4)CC3)cc2)ccc2cccnc12. The van der Waals surface area contributed by atoms with E-state index in [1.165, 1.54) is 23.1 Å². The second kappa shape index (κ2) is 8.58. The summed E-state index contributed by atoms with van der Waals surface area (Å²) in [6.45, 7) is 3.64. The van der Waals surface area contributed by atoms with E-state index in [0.29, 0.717) is 6.04 Å². The number of nitrogens with one attached hydrogen (secondary N) is 1. The standard InChI is InChI=1S/C26H29N3O2/c1-18-24(12-9-20-4-3-15-27-25(18)20)19-7-10-22(11-8-19)31-23-13-16-29(17-14-23)26(30)28-21-5-2-6-21/h3-4,7-12,15,21,23H,2,5-6,13-14,16-17H2,1H3,(H,28,30). The zero-order valence-corrected chi connectivity index (χ0v) is 18.0. The van der Waals surface area contributed by atoms with Gasteiger partial charge in [0.15, 0.2) is 0 Å². The monoisotopic (exact) mass is 415 g/mol. The maximum absolute atomic E-state index is 12.3. The number of carbonyl (C=O) groups excluding carboxylic acids is 1. The van der Waals surface area contributed by atoms with Gasteiger partial charge in [-0.25, -0.2) is 4.79 Å². The number of amides is 2. The van der Waals surface area contributed by atoms with Crippen LogP contribution in [0.25, 0.3) is 22.0 Å². The number of benzene rings is 2. The molecule has 2 aromatic carbocycles. The molecule has 1 aromatic heterocycles. The number of ether oxygens (including phenoxy) is 1. The van der Waals surface area contributed by atoms with Crippen molar-refractivity contribution in [1.82, 2.24) is 15.2 Å². The molecule has 2 heterocycles. The fourth-order valence-electron chi connectivity index (χ4n) is 4.50. The molecular weight excluding hydrogens is 386 g/mol. The molecule has 1 N–H and O–H groups in total. The average Bonchev–Trinajstić information content (AvgIpc) is 2.78. The van der Waals surface area contributed by atoms with Crippen LogP contribution < -0.4 is 10.1 Å². The summed E-state index contributed by atoms with van der Waals surface area (Å²) < 4.78 is 6.22. The third-order valence-corrected chi connectivity index (χ3v) is 6.66. The first-order valence-electron chi connectivity index (χ1n) is 11.3. The molecule has 31 heavy (non-hydrogen) atoms. The number of hydrogen-bond acceptors (Lipinski definition) is 3. The second-order valence-corrected chi connectivity index (χ2v) is 8.72. The van der Waals surface area contributed by atoms with Crippen LogP contribution in [0, 0.1) is 6.92 Å². The van der Waals surface area contributed by atoms with Gasteiger partial charge in [-0.15, -0.1) is 0 Å². The van der Waals surface area contributed by atoms with Crippen molar-refractivity contribution < 1.29 is 9.53 Å². The van der Waals surface area contributed by atoms with Gasteiger partial charge < -0.3 is 15.0 Å². The number of urea groups is 1. The summed E-state index contributed by atoms with van der Waals surface area (Å²) in [4.78, 5) is 18.8. The van der Waals surface area contributed by atoms with Gasteiger partial charge >= 0.3 is 6.03 Å². The summed E-state index contributed by atoms with van der Waals surface area (Å²) in [5.41, 5.74) is 4.61. The molecule has 2 amide bonds. The molecule has 1 saturated carbocycles. The van der Waals surface area contributed by atoms with E-state index in [1.807, 2.05) is 29.3 Å². The minimum absolute atomic E-state index is 0.0905. The molecule has 2 aliphatic rings. The Bertz CT molecular complexity index is 1070. The molecule has 0 unspecified atom stereocenters. The minimum atomic E-state index is 0.0905. The average molecular weight is 416 g/mol. The molecule has 0 bridgehead atoms. The smallest absolute Gasteiger partial charge is 0.317 e. The highest BCUT2D eigenvalue weighted by molar-refractivity contribution is 5.88. The Labute approximate surface area is 183 Å². The summed E-state index contributed by atoms with van der Waals surface area (Å²) >= 11 is 0. The highest BCUT2D eigenvalue weighted by Crippen LogP contribution is 2.30. The summed E-state index contributed by atoms with van der Waals surface area (Å²) in [6.07, 6.45) is 7.22. The van der Waals surface area contributed by atoms with Crippen LogP contribution in [-0.4, -0.2) is 41.2 Å². The number of carbonyl (C=O) groups is 1. The number of piperidine rings is 1. The van der Waals surface area contributed by atoms with Gasteiger partial charge in [0.1, 0.15) is 11.9 Å². The van der Waals surface area contributed by atoms with Crippen LogP contribution in [0.2, 0.25) is 0 Å². The third kappa shape index (κ3) is 4.22. The molecule has 5 nitrogen and oxygen atoms in total. The summed E-state index contributed by atoms with van der Waals surface area (Å²) in [5.74, 6) is 0.887. The number of fused-ring (bicyclic) bond motifs is 1. The molecule has 160 valence electrons. The molecular formula is C26H29N3O2. The number of aryl methyl sites for hydroxylation is 1. The van der Waals surface area contributed by atoms with Crippen molar-refractivity contribution in [1.29, 1.82) is 0 Å². The van der Waals surface area contributed by atoms with E-state index in [0.717, 1.165) is 55.4 Å². The maximum Gasteiger partial charge on any atom is 0.317 e. The lowest BCUT2D eigenvalue weighted by atomic mass is 9.93. The number of aromatic nitrogens is 1. The van der Waals surface area contributed by atoms with Gasteiger partial charge in [0.25, 0.3) is 0 Å². The maximum atomic E-state index is 12.3. The quantitative estimate of drug-likeness (QED) is 0.628. The van der Waals surface area contributed by atoms with Crippen LogP contribution in [0.3, 0.4) is 0 Å². The number of likely N-dealkylation sites (tertiary alicyclic amines) is 1. The van der Waals surface area contributed by atoms with E-state index >= 15 is 0 Å². The van der Waals surface area contributed by atoms with Crippen LogP contribution in [0.15, 0.2) is 54.7 Å². The van der Waals surface area contributed by atoms with Gasteiger partial charge in [-0.2, -0.15) is 0 Å². The first-order chi connectivity index (χ1) is 15.2. The zero-order chi connectivity index (χ0) is 21.2. The van der Waals surface area contributed by atoms with Gasteiger partial charge in [0.2, 0.25) is 0 Å². The predicted octanol–water partition coefficient (Wildman–Crippen LogP) is 5.32. The summed E-state index contributed by atoms with van der Waals surface area (Å²) in [7, 11) is 0. The van der Waals surface area contributed by atoms with E-state index in [2.05, 4.69) is 47.6 Å². The first-order valence-corrected chi connectivity index (χ1v) is 11.3. The normalized spacial score (nSPS) is 17.4. The van der Waals surface area contributed by atoms with Gasteiger partial charge in [0, 0.05) is 43.6 Å². The number of pyridine rings is 1. The van der Waals surface area contributed by atoms with Crippen molar-refractivity contribution in [2.24, 2.45) is 0 Å². The molecule has 3 aromatic rings. The number of nitrogens with zero attached hydrogens (tertiary/aromatic N) is 2. The zero-order valence-electron chi connectivity index (χ0n) is 18.0. The van der Waals surface area contributed by atoms with Crippen molar-refractivity contribution >= 4 is 16.9 Å². The van der Waals surface area contributed by atoms with Crippen LogP contribution in [0.4, 0.5) is 4.79 Å². The molecule has 1 aliphatic heterocycles. The lowest BCUT2D eigenvalue weighted by Crippen LogP contribution is -2.50. The Kier molecular flexibility index (Phi) is 5.49. The highest BCUT2D eigenvalue weighted by atomic mass is 16.5. The highest BCUT2D eigenvalue weighted by Gasteiger charge is 2.27. The number of rotatable bonds is 4. The molecule has 1 saturated heterocycles. The Morgan fingerprint density at radius 2 is 1.81 bits per heavy atom. The molecule has 0 spiro atoms. The van der Waals surface area contributed by atoms with E-state index in [4.69, 9.17) is 4.74 Å². The van der Waals surface area contributed by atoms with Crippen molar-refractivity contribution in [2.75, 3.05) is 13.1 Å². The molecule has 1 aliphatic carbocycles. The van der Waals surface area contributed by atoms with Crippen molar-refractivity contribution in [3.05, 3.63) is 60.3 Å². The summed E-state index contributed by atoms with van der Waals surface area (Å²) in [5, 5.41) is 4.29. The molecule has 2 fully saturated rings. The van der Waals surface area contributed by atoms with Crippen LogP contribution in [0.5, 0.6) is 5.75 Å². The van der Waals surface area contributed by atoms with Gasteiger partial charge in [0.05, 0.1) is 5.52 Å². The van der Waals surface area contributed by atoms with Crippen molar-refractivity contribution in [2.45, 2.75) is 51.2 Å². The van der Waals surface area contributed by atoms with Gasteiger partial charge in [-0.3, -0.25) is 4.98 Å². The van der Waals surface area contributed by atoms with E-state index in [9.17, 15) is 4.79 Å². The van der Waals surface area contributed by atoms with E-state index in [-0.39, 0.29) is 12.1 Å². The fourth-order valence-corrected chi connectivity index (χ4v) is 4.50. The van der Waals surface area contributed by atoms with E-state index in [1.54, 1.807) is 0 Å². The molecule has 0 atom stereocenters. The van der Waals surface area contributed by atoms with E-state index < -0.39 is 0 Å². The molecule has 0 radical (unpaired) electrons. The van der Waals surface area contributed by atoms with Crippen LogP contribution in [0.1, 0.15) is 37.7 Å². The minimum Gasteiger partial charge on any atom is -0.490 e. The first kappa shape index (κ1) is 19.9. The topological polar surface area (TPSA) is 54.5 Å². The second-order valence-electron chi connectivity index (χ2n) is 8.72. The fraction of sp³-hybridized carbons (Fsp3) is 0.385.